The van der Waals surface area contributed by atoms with Gasteiger partial charge in [-0.05, 0) is 24.6 Å². The lowest BCUT2D eigenvalue weighted by molar-refractivity contribution is 0.0947. The number of nitrogens with zero attached hydrogens (tertiary/aromatic N) is 1. The highest BCUT2D eigenvalue weighted by molar-refractivity contribution is 5.97. The Bertz CT molecular complexity index is 725. The van der Waals surface area contributed by atoms with E-state index in [2.05, 4.69) is 5.32 Å². The topological polar surface area (TPSA) is 60.3 Å². The number of carbonyl (C=O) groups is 1. The minimum absolute atomic E-state index is 0.00742. The van der Waals surface area contributed by atoms with Gasteiger partial charge in [0.1, 0.15) is 11.4 Å². The molecular formula is C15H17FN2O3. The molecule has 0 fully saturated rings. The van der Waals surface area contributed by atoms with Gasteiger partial charge >= 0.3 is 0 Å². The molecular weight excluding hydrogens is 275 g/mol. The van der Waals surface area contributed by atoms with E-state index in [1.54, 1.807) is 18.7 Å². The van der Waals surface area contributed by atoms with Crippen molar-refractivity contribution in [3.63, 3.8) is 0 Å². The monoisotopic (exact) mass is 292 g/mol. The Morgan fingerprint density at radius 2 is 2.19 bits per heavy atom. The molecule has 0 aliphatic carbocycles. The van der Waals surface area contributed by atoms with Crippen LogP contribution < -0.4 is 10.7 Å². The van der Waals surface area contributed by atoms with Crippen LogP contribution in [0.4, 0.5) is 4.39 Å². The molecule has 112 valence electrons. The van der Waals surface area contributed by atoms with Crippen molar-refractivity contribution >= 4 is 16.8 Å². The van der Waals surface area contributed by atoms with Gasteiger partial charge in [0.15, 0.2) is 0 Å². The summed E-state index contributed by atoms with van der Waals surface area (Å²) in [4.78, 5) is 24.3. The fraction of sp³-hybridized carbons (Fsp3) is 0.333. The first-order chi connectivity index (χ1) is 10.0. The molecule has 0 aliphatic heterocycles. The molecule has 1 N–H and O–H groups in total. The smallest absolute Gasteiger partial charge is 0.256 e. The first kappa shape index (κ1) is 15.2. The number of hydrogen-bond acceptors (Lipinski definition) is 3. The quantitative estimate of drug-likeness (QED) is 0.848. The summed E-state index contributed by atoms with van der Waals surface area (Å²) in [6.45, 7) is 0.943. The molecule has 6 heteroatoms. The molecule has 1 heterocycles. The van der Waals surface area contributed by atoms with Crippen LogP contribution >= 0.6 is 0 Å². The lowest BCUT2D eigenvalue weighted by Gasteiger charge is -2.09. The molecule has 2 aromatic rings. The third kappa shape index (κ3) is 3.28. The van der Waals surface area contributed by atoms with Crippen molar-refractivity contribution in [2.24, 2.45) is 7.05 Å². The summed E-state index contributed by atoms with van der Waals surface area (Å²) in [7, 11) is 3.29. The number of benzene rings is 1. The van der Waals surface area contributed by atoms with Crippen LogP contribution in [0.1, 0.15) is 16.8 Å². The Morgan fingerprint density at radius 1 is 1.43 bits per heavy atom. The number of nitrogens with one attached hydrogen (secondary N) is 1. The Morgan fingerprint density at radius 3 is 2.90 bits per heavy atom. The largest absolute Gasteiger partial charge is 0.385 e. The Kier molecular flexibility index (Phi) is 4.70. The number of rotatable bonds is 5. The van der Waals surface area contributed by atoms with Crippen LogP contribution in [0.2, 0.25) is 0 Å². The Balaban J connectivity index is 2.34. The highest BCUT2D eigenvalue weighted by Gasteiger charge is 2.14. The summed E-state index contributed by atoms with van der Waals surface area (Å²) in [5.41, 5.74) is 0.122. The van der Waals surface area contributed by atoms with E-state index >= 15 is 0 Å². The van der Waals surface area contributed by atoms with E-state index in [0.29, 0.717) is 25.1 Å². The van der Waals surface area contributed by atoms with E-state index in [0.717, 1.165) is 6.07 Å². The second-order valence-corrected chi connectivity index (χ2v) is 4.75. The maximum Gasteiger partial charge on any atom is 0.256 e. The summed E-state index contributed by atoms with van der Waals surface area (Å²) in [5, 5.41) is 2.85. The molecule has 0 radical (unpaired) electrons. The minimum atomic E-state index is -0.503. The minimum Gasteiger partial charge on any atom is -0.385 e. The number of aromatic nitrogens is 1. The van der Waals surface area contributed by atoms with Crippen LogP contribution in [0, 0.1) is 5.82 Å². The summed E-state index contributed by atoms with van der Waals surface area (Å²) >= 11 is 0. The van der Waals surface area contributed by atoms with Gasteiger partial charge in [0.2, 0.25) is 5.43 Å². The van der Waals surface area contributed by atoms with Gasteiger partial charge < -0.3 is 14.6 Å². The van der Waals surface area contributed by atoms with Gasteiger partial charge in [-0.15, -0.1) is 0 Å². The van der Waals surface area contributed by atoms with Gasteiger partial charge in [-0.25, -0.2) is 4.39 Å². The molecule has 0 saturated heterocycles. The van der Waals surface area contributed by atoms with Crippen molar-refractivity contribution in [2.75, 3.05) is 20.3 Å². The fourth-order valence-electron chi connectivity index (χ4n) is 2.14. The number of carbonyl (C=O) groups excluding carboxylic acids is 1. The van der Waals surface area contributed by atoms with Crippen LogP contribution in [0.5, 0.6) is 0 Å². The molecule has 0 saturated carbocycles. The van der Waals surface area contributed by atoms with Crippen molar-refractivity contribution in [1.29, 1.82) is 0 Å². The summed E-state index contributed by atoms with van der Waals surface area (Å²) < 4.78 is 19.8. The van der Waals surface area contributed by atoms with E-state index in [9.17, 15) is 14.0 Å². The third-order valence-corrected chi connectivity index (χ3v) is 3.21. The molecule has 0 atom stereocenters. The van der Waals surface area contributed by atoms with Crippen LogP contribution in [-0.2, 0) is 11.8 Å². The van der Waals surface area contributed by atoms with Crippen molar-refractivity contribution < 1.29 is 13.9 Å². The van der Waals surface area contributed by atoms with Gasteiger partial charge in [-0.1, -0.05) is 0 Å². The zero-order chi connectivity index (χ0) is 15.4. The Labute approximate surface area is 121 Å². The fourth-order valence-corrected chi connectivity index (χ4v) is 2.14. The highest BCUT2D eigenvalue weighted by Crippen LogP contribution is 2.12. The molecule has 1 amide bonds. The summed E-state index contributed by atoms with van der Waals surface area (Å²) in [6.07, 6.45) is 2.12. The van der Waals surface area contributed by atoms with Crippen molar-refractivity contribution in [3.05, 3.63) is 46.0 Å². The maximum atomic E-state index is 13.3. The first-order valence-electron chi connectivity index (χ1n) is 6.60. The van der Waals surface area contributed by atoms with Crippen LogP contribution in [-0.4, -0.2) is 30.7 Å². The number of pyridine rings is 1. The lowest BCUT2D eigenvalue weighted by atomic mass is 10.1. The second-order valence-electron chi connectivity index (χ2n) is 4.75. The predicted molar refractivity (Wildman–Crippen MR) is 78.0 cm³/mol. The molecule has 2 rings (SSSR count). The summed E-state index contributed by atoms with van der Waals surface area (Å²) in [5.74, 6) is -0.963. The van der Waals surface area contributed by atoms with Gasteiger partial charge in [0, 0.05) is 38.9 Å². The van der Waals surface area contributed by atoms with Crippen molar-refractivity contribution in [2.45, 2.75) is 6.42 Å². The standard InChI is InChI=1S/C15H17FN2O3/c1-18-9-12(15(20)17-6-3-7-21-2)14(19)11-8-10(16)4-5-13(11)18/h4-5,8-9H,3,6-7H2,1-2H3,(H,17,20). The van der Waals surface area contributed by atoms with E-state index in [1.807, 2.05) is 0 Å². The molecule has 21 heavy (non-hydrogen) atoms. The number of fused-ring (bicyclic) bond motifs is 1. The Hall–Kier alpha value is -2.21. The maximum absolute atomic E-state index is 13.3. The first-order valence-corrected chi connectivity index (χ1v) is 6.60. The average Bonchev–Trinajstić information content (AvgIpc) is 2.47. The van der Waals surface area contributed by atoms with E-state index < -0.39 is 17.2 Å². The van der Waals surface area contributed by atoms with Gasteiger partial charge in [-0.3, -0.25) is 9.59 Å². The molecule has 0 aliphatic rings. The normalized spacial score (nSPS) is 10.8. The molecule has 5 nitrogen and oxygen atoms in total. The van der Waals surface area contributed by atoms with Crippen molar-refractivity contribution in [1.82, 2.24) is 9.88 Å². The number of amides is 1. The average molecular weight is 292 g/mol. The molecule has 1 aromatic heterocycles. The van der Waals surface area contributed by atoms with Crippen LogP contribution in [0.25, 0.3) is 10.9 Å². The van der Waals surface area contributed by atoms with Crippen molar-refractivity contribution in [3.8, 4) is 0 Å². The molecule has 1 aromatic carbocycles. The van der Waals surface area contributed by atoms with Gasteiger partial charge in [0.25, 0.3) is 5.91 Å². The molecule has 0 unspecified atom stereocenters. The van der Waals surface area contributed by atoms with Gasteiger partial charge in [0.05, 0.1) is 5.52 Å². The summed E-state index contributed by atoms with van der Waals surface area (Å²) in [6, 6.07) is 3.96. The van der Waals surface area contributed by atoms with E-state index in [4.69, 9.17) is 4.74 Å². The zero-order valence-corrected chi connectivity index (χ0v) is 12.0. The third-order valence-electron chi connectivity index (χ3n) is 3.21. The number of hydrogen-bond donors (Lipinski definition) is 1. The molecule has 0 spiro atoms. The number of halogens is 1. The van der Waals surface area contributed by atoms with Gasteiger partial charge in [-0.2, -0.15) is 0 Å². The predicted octanol–water partition coefficient (Wildman–Crippen LogP) is 1.44. The second kappa shape index (κ2) is 6.49. The lowest BCUT2D eigenvalue weighted by Crippen LogP contribution is -2.30. The highest BCUT2D eigenvalue weighted by atomic mass is 19.1. The number of methoxy groups -OCH3 is 1. The molecule has 0 bridgehead atoms. The van der Waals surface area contributed by atoms with Crippen LogP contribution in [0.15, 0.2) is 29.2 Å². The zero-order valence-electron chi connectivity index (χ0n) is 12.0. The van der Waals surface area contributed by atoms with E-state index in [1.165, 1.54) is 18.3 Å². The SMILES string of the molecule is COCCCNC(=O)c1cn(C)c2ccc(F)cc2c1=O. The number of aryl methyl sites for hydroxylation is 1. The van der Waals surface area contributed by atoms with E-state index in [-0.39, 0.29) is 10.9 Å². The number of ether oxygens (including phenoxy) is 1. The van der Waals surface area contributed by atoms with Crippen LogP contribution in [0.3, 0.4) is 0 Å².